The number of carbonyl (C=O) groups excluding carboxylic acids is 3. The first kappa shape index (κ1) is 17.5. The molecule has 6 nitrogen and oxygen atoms in total. The van der Waals surface area contributed by atoms with Gasteiger partial charge in [0.15, 0.2) is 0 Å². The second-order valence-corrected chi connectivity index (χ2v) is 5.91. The van der Waals surface area contributed by atoms with Crippen molar-refractivity contribution in [3.05, 3.63) is 29.8 Å². The summed E-state index contributed by atoms with van der Waals surface area (Å²) in [5.74, 6) is -1.07. The van der Waals surface area contributed by atoms with Gasteiger partial charge in [-0.25, -0.2) is 0 Å². The minimum Gasteiger partial charge on any atom is -0.368 e. The van der Waals surface area contributed by atoms with Crippen LogP contribution in [0.4, 0.5) is 4.79 Å². The lowest BCUT2D eigenvalue weighted by Crippen LogP contribution is -2.42. The summed E-state index contributed by atoms with van der Waals surface area (Å²) >= 11 is 4.14. The highest BCUT2D eigenvalue weighted by Gasteiger charge is 2.18. The number of carbonyl (C=O) groups is 3. The van der Waals surface area contributed by atoms with E-state index in [2.05, 4.69) is 26.6 Å². The van der Waals surface area contributed by atoms with Crippen LogP contribution in [0.25, 0.3) is 0 Å². The standard InChI is InChI=1S/C13H16BrN3O3S/c1-8(11(15)18)17-12(19)9-4-2-3-5-10(9)21-13(20)16-7-6-14/h2-5,8H,6-7H2,1H3,(H2,15,18)(H,16,20)(H,17,19)/t8-/m0/s1. The summed E-state index contributed by atoms with van der Waals surface area (Å²) in [5.41, 5.74) is 5.43. The fourth-order valence-corrected chi connectivity index (χ4v) is 2.36. The second-order valence-electron chi connectivity index (χ2n) is 4.10. The number of rotatable bonds is 6. The van der Waals surface area contributed by atoms with Crippen molar-refractivity contribution in [2.45, 2.75) is 17.9 Å². The SMILES string of the molecule is C[C@H](NC(=O)c1ccccc1SC(=O)NCCBr)C(N)=O. The molecule has 114 valence electrons. The lowest BCUT2D eigenvalue weighted by atomic mass is 10.2. The molecule has 1 aromatic rings. The Labute approximate surface area is 135 Å². The number of hydrogen-bond acceptors (Lipinski definition) is 4. The van der Waals surface area contributed by atoms with Gasteiger partial charge in [0.25, 0.3) is 11.1 Å². The molecule has 0 spiro atoms. The Morgan fingerprint density at radius 3 is 2.62 bits per heavy atom. The highest BCUT2D eigenvalue weighted by molar-refractivity contribution is 9.09. The Kier molecular flexibility index (Phi) is 7.24. The van der Waals surface area contributed by atoms with E-state index in [1.807, 2.05) is 0 Å². The maximum Gasteiger partial charge on any atom is 0.283 e. The van der Waals surface area contributed by atoms with Gasteiger partial charge in [0, 0.05) is 16.8 Å². The van der Waals surface area contributed by atoms with Crippen LogP contribution in [-0.4, -0.2) is 35.0 Å². The minimum absolute atomic E-state index is 0.252. The average molecular weight is 374 g/mol. The topological polar surface area (TPSA) is 101 Å². The van der Waals surface area contributed by atoms with Gasteiger partial charge in [0.05, 0.1) is 5.56 Å². The molecule has 0 fully saturated rings. The third kappa shape index (κ3) is 5.76. The van der Waals surface area contributed by atoms with Gasteiger partial charge < -0.3 is 16.4 Å². The van der Waals surface area contributed by atoms with Crippen LogP contribution >= 0.6 is 27.7 Å². The molecule has 1 aromatic carbocycles. The van der Waals surface area contributed by atoms with Gasteiger partial charge in [-0.05, 0) is 30.8 Å². The van der Waals surface area contributed by atoms with E-state index in [0.29, 0.717) is 22.3 Å². The Bertz CT molecular complexity index is 539. The zero-order valence-corrected chi connectivity index (χ0v) is 13.8. The molecule has 21 heavy (non-hydrogen) atoms. The fourth-order valence-electron chi connectivity index (χ4n) is 1.37. The van der Waals surface area contributed by atoms with Gasteiger partial charge in [-0.1, -0.05) is 28.1 Å². The summed E-state index contributed by atoms with van der Waals surface area (Å²) in [7, 11) is 0. The maximum absolute atomic E-state index is 12.1. The number of nitrogens with one attached hydrogen (secondary N) is 2. The zero-order chi connectivity index (χ0) is 15.8. The van der Waals surface area contributed by atoms with Crippen LogP contribution in [0.3, 0.4) is 0 Å². The summed E-state index contributed by atoms with van der Waals surface area (Å²) in [6.45, 7) is 2.00. The van der Waals surface area contributed by atoms with Crippen LogP contribution in [0.1, 0.15) is 17.3 Å². The highest BCUT2D eigenvalue weighted by Crippen LogP contribution is 2.23. The molecule has 0 saturated heterocycles. The molecule has 4 N–H and O–H groups in total. The summed E-state index contributed by atoms with van der Waals surface area (Å²) in [6, 6.07) is 5.89. The van der Waals surface area contributed by atoms with E-state index in [9.17, 15) is 14.4 Å². The molecule has 0 aliphatic rings. The van der Waals surface area contributed by atoms with Gasteiger partial charge >= 0.3 is 0 Å². The molecule has 8 heteroatoms. The first-order valence-corrected chi connectivity index (χ1v) is 8.10. The average Bonchev–Trinajstić information content (AvgIpc) is 2.45. The number of hydrogen-bond donors (Lipinski definition) is 3. The summed E-state index contributed by atoms with van der Waals surface area (Å²) in [5, 5.41) is 5.56. The molecular formula is C13H16BrN3O3S. The monoisotopic (exact) mass is 373 g/mol. The van der Waals surface area contributed by atoms with Crippen LogP contribution in [0.15, 0.2) is 29.2 Å². The van der Waals surface area contributed by atoms with Crippen LogP contribution in [0, 0.1) is 0 Å². The number of amides is 3. The largest absolute Gasteiger partial charge is 0.368 e. The van der Waals surface area contributed by atoms with Crippen molar-refractivity contribution >= 4 is 44.7 Å². The predicted octanol–water partition coefficient (Wildman–Crippen LogP) is 1.49. The van der Waals surface area contributed by atoms with E-state index < -0.39 is 17.9 Å². The number of nitrogens with two attached hydrogens (primary N) is 1. The maximum atomic E-state index is 12.1. The molecule has 0 radical (unpaired) electrons. The number of halogens is 1. The molecule has 0 aliphatic heterocycles. The summed E-state index contributed by atoms with van der Waals surface area (Å²) in [4.78, 5) is 35.3. The van der Waals surface area contributed by atoms with E-state index in [-0.39, 0.29) is 5.24 Å². The molecule has 0 heterocycles. The van der Waals surface area contributed by atoms with Crippen molar-refractivity contribution in [2.75, 3.05) is 11.9 Å². The third-order valence-corrected chi connectivity index (χ3v) is 3.77. The minimum atomic E-state index is -0.780. The second kappa shape index (κ2) is 8.68. The molecule has 0 saturated carbocycles. The molecule has 0 aromatic heterocycles. The molecule has 1 rings (SSSR count). The van der Waals surface area contributed by atoms with Crippen LogP contribution in [0.2, 0.25) is 0 Å². The Morgan fingerprint density at radius 1 is 1.33 bits per heavy atom. The van der Waals surface area contributed by atoms with E-state index in [1.165, 1.54) is 6.92 Å². The van der Waals surface area contributed by atoms with Crippen molar-refractivity contribution in [3.8, 4) is 0 Å². The number of alkyl halides is 1. The highest BCUT2D eigenvalue weighted by atomic mass is 79.9. The van der Waals surface area contributed by atoms with Crippen molar-refractivity contribution in [3.63, 3.8) is 0 Å². The van der Waals surface area contributed by atoms with E-state index in [0.717, 1.165) is 11.8 Å². The quantitative estimate of drug-likeness (QED) is 0.519. The van der Waals surface area contributed by atoms with E-state index in [4.69, 9.17) is 5.73 Å². The van der Waals surface area contributed by atoms with Crippen molar-refractivity contribution in [1.29, 1.82) is 0 Å². The van der Waals surface area contributed by atoms with Crippen molar-refractivity contribution < 1.29 is 14.4 Å². The van der Waals surface area contributed by atoms with Gasteiger partial charge in [0.1, 0.15) is 6.04 Å². The smallest absolute Gasteiger partial charge is 0.283 e. The molecule has 1 atom stereocenters. The van der Waals surface area contributed by atoms with Crippen LogP contribution in [0.5, 0.6) is 0 Å². The fraction of sp³-hybridized carbons (Fsp3) is 0.308. The molecule has 3 amide bonds. The molecule has 0 aliphatic carbocycles. The van der Waals surface area contributed by atoms with Gasteiger partial charge in [-0.3, -0.25) is 14.4 Å². The Hall–Kier alpha value is -1.54. The van der Waals surface area contributed by atoms with E-state index in [1.54, 1.807) is 24.3 Å². The summed E-state index contributed by atoms with van der Waals surface area (Å²) in [6.07, 6.45) is 0. The Morgan fingerprint density at radius 2 is 2.00 bits per heavy atom. The van der Waals surface area contributed by atoms with Crippen molar-refractivity contribution in [1.82, 2.24) is 10.6 Å². The normalized spacial score (nSPS) is 11.5. The Balaban J connectivity index is 2.81. The lowest BCUT2D eigenvalue weighted by molar-refractivity contribution is -0.119. The predicted molar refractivity (Wildman–Crippen MR) is 85.6 cm³/mol. The number of benzene rings is 1. The van der Waals surface area contributed by atoms with E-state index >= 15 is 0 Å². The first-order valence-electron chi connectivity index (χ1n) is 6.16. The number of primary amides is 1. The van der Waals surface area contributed by atoms with Gasteiger partial charge in [0.2, 0.25) is 5.91 Å². The molecule has 0 unspecified atom stereocenters. The molecule has 0 bridgehead atoms. The zero-order valence-electron chi connectivity index (χ0n) is 11.4. The summed E-state index contributed by atoms with van der Waals surface area (Å²) < 4.78 is 0. The van der Waals surface area contributed by atoms with Crippen molar-refractivity contribution in [2.24, 2.45) is 5.73 Å². The number of thioether (sulfide) groups is 1. The van der Waals surface area contributed by atoms with Gasteiger partial charge in [-0.15, -0.1) is 0 Å². The molecular weight excluding hydrogens is 358 g/mol. The third-order valence-electron chi connectivity index (χ3n) is 2.47. The van der Waals surface area contributed by atoms with Gasteiger partial charge in [-0.2, -0.15) is 0 Å². The van der Waals surface area contributed by atoms with Crippen LogP contribution in [-0.2, 0) is 4.79 Å². The first-order chi connectivity index (χ1) is 9.95. The lowest BCUT2D eigenvalue weighted by Gasteiger charge is -2.12. The van der Waals surface area contributed by atoms with Crippen LogP contribution < -0.4 is 16.4 Å².